The summed E-state index contributed by atoms with van der Waals surface area (Å²) in [6, 6.07) is 0. The lowest BCUT2D eigenvalue weighted by atomic mass is 9.91. The van der Waals surface area contributed by atoms with Crippen molar-refractivity contribution in [3.63, 3.8) is 0 Å². The van der Waals surface area contributed by atoms with Crippen molar-refractivity contribution in [2.45, 2.75) is 246 Å². The number of hydrogen-bond donors (Lipinski definition) is 0. The average Bonchev–Trinajstić information content (AvgIpc) is 2.96. The van der Waals surface area contributed by atoms with Crippen LogP contribution in [0.5, 0.6) is 0 Å². The van der Waals surface area contributed by atoms with E-state index in [2.05, 4.69) is 27.7 Å². The minimum absolute atomic E-state index is 0.950. The van der Waals surface area contributed by atoms with Crippen LogP contribution >= 0.6 is 0 Å². The third kappa shape index (κ3) is 34.2. The molecule has 0 N–H and O–H groups in total. The molecule has 0 bridgehead atoms. The summed E-state index contributed by atoms with van der Waals surface area (Å²) in [5, 5.41) is 0. The van der Waals surface area contributed by atoms with Crippen LogP contribution in [0, 0.1) is 11.8 Å². The summed E-state index contributed by atoms with van der Waals surface area (Å²) in [6.07, 6.45) is 50.1. The van der Waals surface area contributed by atoms with Gasteiger partial charge in [0.05, 0.1) is 0 Å². The highest BCUT2D eigenvalue weighted by Crippen LogP contribution is 2.23. The Morgan fingerprint density at radius 3 is 0.600 bits per heavy atom. The van der Waals surface area contributed by atoms with Crippen LogP contribution in [0.3, 0.4) is 0 Å². The Labute approximate surface area is 257 Å². The molecular weight excluding hydrogens is 480 g/mol. The highest BCUT2D eigenvalue weighted by atomic mass is 14.1. The Bertz CT molecular complexity index is 386. The van der Waals surface area contributed by atoms with Crippen molar-refractivity contribution in [3.8, 4) is 0 Å². The van der Waals surface area contributed by atoms with Crippen molar-refractivity contribution in [1.82, 2.24) is 0 Å². The Morgan fingerprint density at radius 1 is 0.225 bits per heavy atom. The molecule has 0 rings (SSSR count). The van der Waals surface area contributed by atoms with E-state index in [1.54, 1.807) is 0 Å². The molecule has 0 heterocycles. The molecule has 0 heteroatoms. The molecule has 0 aromatic heterocycles. The summed E-state index contributed by atoms with van der Waals surface area (Å²) in [6.45, 7) is 9.66. The minimum atomic E-state index is 0.950. The van der Waals surface area contributed by atoms with E-state index in [0.717, 1.165) is 11.8 Å². The highest BCUT2D eigenvalue weighted by molar-refractivity contribution is 4.60. The second kappa shape index (κ2) is 35.2. The fourth-order valence-corrected chi connectivity index (χ4v) is 6.59. The molecule has 2 atom stereocenters. The van der Waals surface area contributed by atoms with Gasteiger partial charge in [0.25, 0.3) is 0 Å². The normalized spacial score (nSPS) is 13.2. The first-order valence-electron chi connectivity index (χ1n) is 19.7. The number of rotatable bonds is 35. The molecule has 0 aromatic rings. The van der Waals surface area contributed by atoms with E-state index in [1.807, 2.05) is 0 Å². The molecule has 40 heavy (non-hydrogen) atoms. The van der Waals surface area contributed by atoms with Crippen LogP contribution in [0.1, 0.15) is 246 Å². The average molecular weight is 563 g/mol. The maximum Gasteiger partial charge on any atom is -0.0443 e. The quantitative estimate of drug-likeness (QED) is 0.0674. The summed E-state index contributed by atoms with van der Waals surface area (Å²) in [4.78, 5) is 0. The Balaban J connectivity index is 3.26. The van der Waals surface area contributed by atoms with Crippen LogP contribution in [-0.4, -0.2) is 0 Å². The summed E-state index contributed by atoms with van der Waals surface area (Å²) >= 11 is 0. The number of hydrogen-bond acceptors (Lipinski definition) is 0. The predicted octanol–water partition coefficient (Wildman–Crippen LogP) is 15.6. The molecule has 0 aliphatic carbocycles. The molecule has 0 amide bonds. The van der Waals surface area contributed by atoms with Crippen LogP contribution in [0.2, 0.25) is 0 Å². The molecule has 0 radical (unpaired) electrons. The van der Waals surface area contributed by atoms with Gasteiger partial charge in [0, 0.05) is 0 Å². The van der Waals surface area contributed by atoms with Gasteiger partial charge in [-0.3, -0.25) is 0 Å². The first-order valence-corrected chi connectivity index (χ1v) is 19.7. The van der Waals surface area contributed by atoms with Gasteiger partial charge in [0.15, 0.2) is 0 Å². The molecule has 0 fully saturated rings. The van der Waals surface area contributed by atoms with Crippen LogP contribution in [0.4, 0.5) is 0 Å². The first kappa shape index (κ1) is 40.0. The molecule has 0 spiro atoms. The smallest absolute Gasteiger partial charge is 0.0443 e. The molecule has 0 saturated carbocycles. The Hall–Kier alpha value is 0. The zero-order valence-corrected chi connectivity index (χ0v) is 29.2. The van der Waals surface area contributed by atoms with E-state index in [9.17, 15) is 0 Å². The second-order valence-electron chi connectivity index (χ2n) is 14.3. The van der Waals surface area contributed by atoms with Gasteiger partial charge in [-0.2, -0.15) is 0 Å². The third-order valence-corrected chi connectivity index (χ3v) is 9.75. The molecule has 0 aromatic carbocycles. The highest BCUT2D eigenvalue weighted by Gasteiger charge is 2.07. The van der Waals surface area contributed by atoms with E-state index in [1.165, 1.54) is 218 Å². The van der Waals surface area contributed by atoms with Crippen molar-refractivity contribution in [1.29, 1.82) is 0 Å². The Morgan fingerprint density at radius 2 is 0.400 bits per heavy atom. The lowest BCUT2D eigenvalue weighted by Gasteiger charge is -2.15. The van der Waals surface area contributed by atoms with Crippen LogP contribution in [-0.2, 0) is 0 Å². The van der Waals surface area contributed by atoms with Crippen molar-refractivity contribution in [2.75, 3.05) is 0 Å². The fourth-order valence-electron chi connectivity index (χ4n) is 6.59. The van der Waals surface area contributed by atoms with Crippen molar-refractivity contribution >= 4 is 0 Å². The zero-order chi connectivity index (χ0) is 29.2. The van der Waals surface area contributed by atoms with Crippen LogP contribution in [0.25, 0.3) is 0 Å². The monoisotopic (exact) mass is 563 g/mol. The van der Waals surface area contributed by atoms with E-state index < -0.39 is 0 Å². The van der Waals surface area contributed by atoms with Gasteiger partial charge in [0.2, 0.25) is 0 Å². The predicted molar refractivity (Wildman–Crippen MR) is 187 cm³/mol. The summed E-state index contributed by atoms with van der Waals surface area (Å²) < 4.78 is 0. The van der Waals surface area contributed by atoms with Gasteiger partial charge < -0.3 is 0 Å². The molecule has 0 aliphatic rings. The summed E-state index contributed by atoms with van der Waals surface area (Å²) in [7, 11) is 0. The zero-order valence-electron chi connectivity index (χ0n) is 29.2. The molecule has 242 valence electrons. The Kier molecular flexibility index (Phi) is 35.2. The minimum Gasteiger partial charge on any atom is -0.0654 e. The van der Waals surface area contributed by atoms with E-state index >= 15 is 0 Å². The number of unbranched alkanes of at least 4 members (excludes halogenated alkanes) is 28. The fraction of sp³-hybridized carbons (Fsp3) is 1.00. The maximum atomic E-state index is 2.52. The van der Waals surface area contributed by atoms with E-state index in [4.69, 9.17) is 0 Å². The van der Waals surface area contributed by atoms with Crippen LogP contribution < -0.4 is 0 Å². The maximum absolute atomic E-state index is 2.52. The van der Waals surface area contributed by atoms with E-state index in [-0.39, 0.29) is 0 Å². The van der Waals surface area contributed by atoms with Gasteiger partial charge in [-0.25, -0.2) is 0 Å². The standard InChI is InChI=1S/C40H82/c1-5-7-9-11-13-15-17-19-21-23-25-27-29-31-33-35-39(3)37-38-40(4)36-34-32-30-28-26-24-22-20-18-16-14-12-10-8-6-2/h39-40H,5-38H2,1-4H3. The lowest BCUT2D eigenvalue weighted by Crippen LogP contribution is -2.01. The lowest BCUT2D eigenvalue weighted by molar-refractivity contribution is 0.376. The summed E-state index contributed by atoms with van der Waals surface area (Å²) in [5.41, 5.74) is 0. The van der Waals surface area contributed by atoms with Gasteiger partial charge in [-0.15, -0.1) is 0 Å². The second-order valence-corrected chi connectivity index (χ2v) is 14.3. The van der Waals surface area contributed by atoms with Crippen molar-refractivity contribution < 1.29 is 0 Å². The SMILES string of the molecule is CCCCCCCCCCCCCCCCCC(C)CCC(C)CCCCCCCCCCCCCCCCC. The van der Waals surface area contributed by atoms with Crippen molar-refractivity contribution in [2.24, 2.45) is 11.8 Å². The van der Waals surface area contributed by atoms with Crippen LogP contribution in [0.15, 0.2) is 0 Å². The molecule has 0 aliphatic heterocycles. The van der Waals surface area contributed by atoms with Gasteiger partial charge >= 0.3 is 0 Å². The summed E-state index contributed by atoms with van der Waals surface area (Å²) in [5.74, 6) is 1.90. The van der Waals surface area contributed by atoms with Crippen molar-refractivity contribution in [3.05, 3.63) is 0 Å². The van der Waals surface area contributed by atoms with Gasteiger partial charge in [-0.1, -0.05) is 246 Å². The van der Waals surface area contributed by atoms with Gasteiger partial charge in [-0.05, 0) is 11.8 Å². The first-order chi connectivity index (χ1) is 19.7. The van der Waals surface area contributed by atoms with E-state index in [0.29, 0.717) is 0 Å². The largest absolute Gasteiger partial charge is 0.0654 e. The molecule has 2 unspecified atom stereocenters. The molecular formula is C40H82. The topological polar surface area (TPSA) is 0 Å². The molecule has 0 nitrogen and oxygen atoms in total. The molecule has 0 saturated heterocycles. The van der Waals surface area contributed by atoms with Gasteiger partial charge in [0.1, 0.15) is 0 Å². The third-order valence-electron chi connectivity index (χ3n) is 9.75.